The first kappa shape index (κ1) is 23.4. The molecule has 1 fully saturated rings. The fourth-order valence-electron chi connectivity index (χ4n) is 5.39. The molecule has 7 nitrogen and oxygen atoms in total. The standard InChI is InChI=1S/C28H35N5O2/c34-27(29-14-10-21-11-15-32(16-12-21)19-22-6-2-1-3-7-22)18-30-28(35)33-17-13-24-23-8-4-5-9-25(23)31-26(24)20-33/h1-9,21,31H,10-20H2,(H,29,34)(H,30,35). The zero-order chi connectivity index (χ0) is 24.0. The molecule has 2 aromatic carbocycles. The lowest BCUT2D eigenvalue weighted by Crippen LogP contribution is -2.46. The molecule has 35 heavy (non-hydrogen) atoms. The van der Waals surface area contributed by atoms with E-state index in [2.05, 4.69) is 63.0 Å². The van der Waals surface area contributed by atoms with E-state index in [0.29, 0.717) is 25.6 Å². The molecule has 0 spiro atoms. The van der Waals surface area contributed by atoms with Gasteiger partial charge in [0.15, 0.2) is 0 Å². The van der Waals surface area contributed by atoms with E-state index in [9.17, 15) is 9.59 Å². The molecule has 0 aliphatic carbocycles. The number of H-pyrrole nitrogens is 1. The predicted molar refractivity (Wildman–Crippen MR) is 138 cm³/mol. The van der Waals surface area contributed by atoms with Crippen LogP contribution in [-0.4, -0.2) is 59.4 Å². The molecule has 0 unspecified atom stereocenters. The molecule has 0 bridgehead atoms. The quantitative estimate of drug-likeness (QED) is 0.490. The summed E-state index contributed by atoms with van der Waals surface area (Å²) in [4.78, 5) is 32.6. The summed E-state index contributed by atoms with van der Waals surface area (Å²) in [5.41, 5.74) is 4.87. The van der Waals surface area contributed by atoms with Crippen molar-refractivity contribution < 1.29 is 9.59 Å². The monoisotopic (exact) mass is 473 g/mol. The van der Waals surface area contributed by atoms with Gasteiger partial charge < -0.3 is 20.5 Å². The van der Waals surface area contributed by atoms with Crippen molar-refractivity contribution >= 4 is 22.8 Å². The molecule has 0 radical (unpaired) electrons. The number of piperidine rings is 1. The van der Waals surface area contributed by atoms with Gasteiger partial charge in [0.1, 0.15) is 0 Å². The van der Waals surface area contributed by atoms with Gasteiger partial charge in [-0.2, -0.15) is 0 Å². The highest BCUT2D eigenvalue weighted by Gasteiger charge is 2.24. The van der Waals surface area contributed by atoms with Crippen LogP contribution in [0.4, 0.5) is 4.79 Å². The number of likely N-dealkylation sites (tertiary alicyclic amines) is 1. The number of aromatic nitrogens is 1. The van der Waals surface area contributed by atoms with Crippen molar-refractivity contribution in [1.29, 1.82) is 0 Å². The molecule has 3 heterocycles. The highest BCUT2D eigenvalue weighted by atomic mass is 16.2. The Morgan fingerprint density at radius 1 is 0.943 bits per heavy atom. The van der Waals surface area contributed by atoms with Crippen molar-refractivity contribution in [2.75, 3.05) is 32.7 Å². The maximum Gasteiger partial charge on any atom is 0.318 e. The molecule has 2 aliphatic rings. The summed E-state index contributed by atoms with van der Waals surface area (Å²) in [6.07, 6.45) is 4.16. The van der Waals surface area contributed by atoms with E-state index in [0.717, 1.165) is 43.7 Å². The molecule has 7 heteroatoms. The average Bonchev–Trinajstić information content (AvgIpc) is 3.27. The smallest absolute Gasteiger partial charge is 0.318 e. The van der Waals surface area contributed by atoms with E-state index in [1.165, 1.54) is 29.4 Å². The number of para-hydroxylation sites is 1. The van der Waals surface area contributed by atoms with Gasteiger partial charge in [0.05, 0.1) is 13.1 Å². The largest absolute Gasteiger partial charge is 0.357 e. The molecule has 3 aromatic rings. The second kappa shape index (κ2) is 11.0. The third-order valence-corrected chi connectivity index (χ3v) is 7.40. The molecule has 3 amide bonds. The Bertz CT molecular complexity index is 1150. The number of hydrogen-bond donors (Lipinski definition) is 3. The van der Waals surface area contributed by atoms with E-state index in [-0.39, 0.29) is 18.5 Å². The first-order valence-electron chi connectivity index (χ1n) is 12.8. The Kier molecular flexibility index (Phi) is 7.33. The third-order valence-electron chi connectivity index (χ3n) is 7.40. The Balaban J connectivity index is 0.981. The van der Waals surface area contributed by atoms with Gasteiger partial charge in [-0.15, -0.1) is 0 Å². The summed E-state index contributed by atoms with van der Waals surface area (Å²) in [5.74, 6) is 0.527. The number of hydrogen-bond acceptors (Lipinski definition) is 3. The van der Waals surface area contributed by atoms with Crippen LogP contribution in [0.1, 0.15) is 36.1 Å². The summed E-state index contributed by atoms with van der Waals surface area (Å²) in [7, 11) is 0. The van der Waals surface area contributed by atoms with Gasteiger partial charge in [-0.3, -0.25) is 9.69 Å². The summed E-state index contributed by atoms with van der Waals surface area (Å²) in [6, 6.07) is 18.7. The summed E-state index contributed by atoms with van der Waals surface area (Å²) >= 11 is 0. The van der Waals surface area contributed by atoms with Gasteiger partial charge in [0, 0.05) is 36.2 Å². The van der Waals surface area contributed by atoms with Crippen molar-refractivity contribution in [3.63, 3.8) is 0 Å². The number of aromatic amines is 1. The Labute approximate surface area is 206 Å². The molecule has 5 rings (SSSR count). The second-order valence-electron chi connectivity index (χ2n) is 9.80. The molecule has 0 atom stereocenters. The number of nitrogens with one attached hydrogen (secondary N) is 3. The van der Waals surface area contributed by atoms with E-state index < -0.39 is 0 Å². The van der Waals surface area contributed by atoms with Gasteiger partial charge in [-0.1, -0.05) is 48.5 Å². The lowest BCUT2D eigenvalue weighted by molar-refractivity contribution is -0.120. The normalized spacial score (nSPS) is 16.7. The van der Waals surface area contributed by atoms with Crippen LogP contribution < -0.4 is 10.6 Å². The number of urea groups is 1. The van der Waals surface area contributed by atoms with Crippen molar-refractivity contribution in [2.45, 2.75) is 38.8 Å². The minimum atomic E-state index is -0.185. The van der Waals surface area contributed by atoms with Crippen molar-refractivity contribution in [3.8, 4) is 0 Å². The van der Waals surface area contributed by atoms with Crippen molar-refractivity contribution in [2.24, 2.45) is 5.92 Å². The number of carbonyl (C=O) groups is 2. The minimum absolute atomic E-state index is 0.0183. The predicted octanol–water partition coefficient (Wildman–Crippen LogP) is 3.65. The van der Waals surface area contributed by atoms with Crippen LogP contribution >= 0.6 is 0 Å². The van der Waals surface area contributed by atoms with Gasteiger partial charge in [-0.25, -0.2) is 4.79 Å². The van der Waals surface area contributed by atoms with Gasteiger partial charge in [-0.05, 0) is 61.9 Å². The maximum absolute atomic E-state index is 12.6. The van der Waals surface area contributed by atoms with Crippen LogP contribution in [0.5, 0.6) is 0 Å². The second-order valence-corrected chi connectivity index (χ2v) is 9.80. The molecule has 184 valence electrons. The van der Waals surface area contributed by atoms with Gasteiger partial charge >= 0.3 is 6.03 Å². The lowest BCUT2D eigenvalue weighted by atomic mass is 9.93. The van der Waals surface area contributed by atoms with E-state index in [4.69, 9.17) is 0 Å². The van der Waals surface area contributed by atoms with Gasteiger partial charge in [0.2, 0.25) is 5.91 Å². The maximum atomic E-state index is 12.6. The molecular weight excluding hydrogens is 438 g/mol. The SMILES string of the molecule is O=C(CNC(=O)N1CCc2c([nH]c3ccccc23)C1)NCCC1CCN(Cc2ccccc2)CC1. The van der Waals surface area contributed by atoms with Crippen LogP contribution in [-0.2, 0) is 24.3 Å². The van der Waals surface area contributed by atoms with Crippen LogP contribution in [0.3, 0.4) is 0 Å². The average molecular weight is 474 g/mol. The Morgan fingerprint density at radius 3 is 2.54 bits per heavy atom. The third kappa shape index (κ3) is 5.85. The molecule has 0 saturated carbocycles. The number of rotatable bonds is 7. The lowest BCUT2D eigenvalue weighted by Gasteiger charge is -2.32. The number of carbonyl (C=O) groups excluding carboxylic acids is 2. The number of fused-ring (bicyclic) bond motifs is 3. The molecular formula is C28H35N5O2. The van der Waals surface area contributed by atoms with E-state index >= 15 is 0 Å². The topological polar surface area (TPSA) is 80.5 Å². The first-order chi connectivity index (χ1) is 17.2. The molecule has 1 aromatic heterocycles. The van der Waals surface area contributed by atoms with Crippen molar-refractivity contribution in [1.82, 2.24) is 25.4 Å². The summed E-state index contributed by atoms with van der Waals surface area (Å²) in [6.45, 7) is 5.12. The molecule has 2 aliphatic heterocycles. The zero-order valence-electron chi connectivity index (χ0n) is 20.3. The summed E-state index contributed by atoms with van der Waals surface area (Å²) < 4.78 is 0. The highest BCUT2D eigenvalue weighted by Crippen LogP contribution is 2.27. The van der Waals surface area contributed by atoms with E-state index in [1.807, 2.05) is 12.1 Å². The first-order valence-corrected chi connectivity index (χ1v) is 12.8. The highest BCUT2D eigenvalue weighted by molar-refractivity contribution is 5.86. The molecule has 1 saturated heterocycles. The number of amides is 3. The molecule has 3 N–H and O–H groups in total. The fraction of sp³-hybridized carbons (Fsp3) is 0.429. The Hall–Kier alpha value is -3.32. The van der Waals surface area contributed by atoms with E-state index in [1.54, 1.807) is 4.90 Å². The Morgan fingerprint density at radius 2 is 1.71 bits per heavy atom. The van der Waals surface area contributed by atoms with Crippen molar-refractivity contribution in [3.05, 3.63) is 71.4 Å². The zero-order valence-corrected chi connectivity index (χ0v) is 20.3. The summed E-state index contributed by atoms with van der Waals surface area (Å²) in [5, 5.41) is 7.01. The minimum Gasteiger partial charge on any atom is -0.357 e. The van der Waals surface area contributed by atoms with Crippen LogP contribution in [0.15, 0.2) is 54.6 Å². The fourth-order valence-corrected chi connectivity index (χ4v) is 5.39. The van der Waals surface area contributed by atoms with Crippen LogP contribution in [0.2, 0.25) is 0 Å². The van der Waals surface area contributed by atoms with Gasteiger partial charge in [0.25, 0.3) is 0 Å². The van der Waals surface area contributed by atoms with Crippen LogP contribution in [0, 0.1) is 5.92 Å². The number of benzene rings is 2. The number of nitrogens with zero attached hydrogens (tertiary/aromatic N) is 2. The van der Waals surface area contributed by atoms with Crippen LogP contribution in [0.25, 0.3) is 10.9 Å².